The Kier molecular flexibility index (Phi) is 22.3. The Hall–Kier alpha value is -2.08. The summed E-state index contributed by atoms with van der Waals surface area (Å²) in [5, 5.41) is 3.47. The first-order chi connectivity index (χ1) is 14.3. The van der Waals surface area contributed by atoms with Crippen molar-refractivity contribution in [3.63, 3.8) is 0 Å². The average Bonchev–Trinajstić information content (AvgIpc) is 3.30. The molecule has 2 nitrogen and oxygen atoms in total. The molecule has 0 spiro atoms. The van der Waals surface area contributed by atoms with E-state index in [1.54, 1.807) is 0 Å². The lowest BCUT2D eigenvalue weighted by Crippen LogP contribution is -2.12. The van der Waals surface area contributed by atoms with Crippen molar-refractivity contribution in [2.24, 2.45) is 0 Å². The largest absolute Gasteiger partial charge is 0.309 e. The molecule has 162 valence electrons. The van der Waals surface area contributed by atoms with Crippen molar-refractivity contribution in [2.45, 2.75) is 67.0 Å². The van der Waals surface area contributed by atoms with E-state index in [2.05, 4.69) is 85.6 Å². The van der Waals surface area contributed by atoms with Gasteiger partial charge in [-0.05, 0) is 56.1 Å². The lowest BCUT2D eigenvalue weighted by molar-refractivity contribution is 0.418. The Labute approximate surface area is 181 Å². The molecule has 0 amide bonds. The number of likely N-dealkylation sites (tertiary alicyclic amines) is 1. The fourth-order valence-corrected chi connectivity index (χ4v) is 2.78. The molecule has 1 saturated heterocycles. The van der Waals surface area contributed by atoms with Gasteiger partial charge < -0.3 is 10.2 Å². The third-order valence-electron chi connectivity index (χ3n) is 4.23. The van der Waals surface area contributed by atoms with Crippen LogP contribution in [0, 0.1) is 12.8 Å². The number of terminal acetylenes is 1. The minimum atomic E-state index is 0.928. The molecule has 0 bridgehead atoms. The van der Waals surface area contributed by atoms with Crippen LogP contribution < -0.4 is 5.32 Å². The van der Waals surface area contributed by atoms with Gasteiger partial charge in [0.2, 0.25) is 0 Å². The van der Waals surface area contributed by atoms with Crippen molar-refractivity contribution >= 4 is 0 Å². The quantitative estimate of drug-likeness (QED) is 0.576. The Morgan fingerprint density at radius 2 is 1.24 bits per heavy atom. The molecular formula is C27H44N2. The van der Waals surface area contributed by atoms with Gasteiger partial charge in [0.15, 0.2) is 0 Å². The molecule has 1 heterocycles. The van der Waals surface area contributed by atoms with Gasteiger partial charge in [-0.15, -0.1) is 12.8 Å². The summed E-state index contributed by atoms with van der Waals surface area (Å²) in [5.41, 5.74) is 4.10. The molecule has 3 rings (SSSR count). The molecule has 29 heavy (non-hydrogen) atoms. The molecule has 0 atom stereocenters. The smallest absolute Gasteiger partial charge is 0.0208 e. The first-order valence-corrected chi connectivity index (χ1v) is 11.1. The zero-order valence-corrected chi connectivity index (χ0v) is 19.7. The first-order valence-electron chi connectivity index (χ1n) is 11.1. The highest BCUT2D eigenvalue weighted by molar-refractivity contribution is 5.23. The maximum Gasteiger partial charge on any atom is 0.0208 e. The molecule has 2 aromatic carbocycles. The standard InChI is InChI=1S/C16H19N.C5H11N.2C2H6.C2H2/c1-2-14-9-6-10-16(11-14)13-17-12-15-7-4-3-5-8-15;1-6-4-2-3-5-6;3*1-2/h3-11,17H,2,12-13H2,1H3;2-5H2,1H3;2*1-2H3;1-2H. The number of benzene rings is 2. The Balaban J connectivity index is 0. The van der Waals surface area contributed by atoms with E-state index < -0.39 is 0 Å². The molecule has 1 aliphatic rings. The van der Waals surface area contributed by atoms with Crippen LogP contribution in [-0.4, -0.2) is 25.0 Å². The number of aryl methyl sites for hydroxylation is 1. The predicted octanol–water partition coefficient (Wildman–Crippen LogP) is 6.55. The van der Waals surface area contributed by atoms with E-state index in [0.29, 0.717) is 0 Å². The highest BCUT2D eigenvalue weighted by Crippen LogP contribution is 2.06. The summed E-state index contributed by atoms with van der Waals surface area (Å²) < 4.78 is 0. The SMILES string of the molecule is C#C.CC.CC.CCc1cccc(CNCc2ccccc2)c1.CN1CCCC1. The third kappa shape index (κ3) is 15.5. The number of nitrogens with one attached hydrogen (secondary N) is 1. The van der Waals surface area contributed by atoms with E-state index in [4.69, 9.17) is 0 Å². The second-order valence-corrected chi connectivity index (χ2v) is 6.27. The molecule has 1 N–H and O–H groups in total. The van der Waals surface area contributed by atoms with Gasteiger partial charge in [0.05, 0.1) is 0 Å². The van der Waals surface area contributed by atoms with Crippen LogP contribution in [0.15, 0.2) is 54.6 Å². The van der Waals surface area contributed by atoms with Crippen LogP contribution in [0.4, 0.5) is 0 Å². The lowest BCUT2D eigenvalue weighted by Gasteiger charge is -2.06. The van der Waals surface area contributed by atoms with Crippen molar-refractivity contribution in [3.8, 4) is 12.8 Å². The highest BCUT2D eigenvalue weighted by atomic mass is 15.1. The van der Waals surface area contributed by atoms with E-state index in [1.807, 2.05) is 33.8 Å². The maximum atomic E-state index is 4.00. The van der Waals surface area contributed by atoms with Crippen molar-refractivity contribution in [1.82, 2.24) is 10.2 Å². The Morgan fingerprint density at radius 3 is 1.72 bits per heavy atom. The van der Waals surface area contributed by atoms with Crippen molar-refractivity contribution in [3.05, 3.63) is 71.3 Å². The second kappa shape index (κ2) is 22.2. The number of rotatable bonds is 5. The topological polar surface area (TPSA) is 15.3 Å². The molecule has 0 aromatic heterocycles. The van der Waals surface area contributed by atoms with Crippen LogP contribution in [0.3, 0.4) is 0 Å². The summed E-state index contributed by atoms with van der Waals surface area (Å²) in [6.07, 6.45) is 11.9. The van der Waals surface area contributed by atoms with Gasteiger partial charge in [-0.3, -0.25) is 0 Å². The number of nitrogens with zero attached hydrogens (tertiary/aromatic N) is 1. The van der Waals surface area contributed by atoms with Crippen LogP contribution in [0.25, 0.3) is 0 Å². The zero-order valence-electron chi connectivity index (χ0n) is 19.7. The minimum absolute atomic E-state index is 0.928. The van der Waals surface area contributed by atoms with E-state index in [9.17, 15) is 0 Å². The lowest BCUT2D eigenvalue weighted by atomic mass is 10.1. The summed E-state index contributed by atoms with van der Waals surface area (Å²) in [4.78, 5) is 2.36. The van der Waals surface area contributed by atoms with Gasteiger partial charge >= 0.3 is 0 Å². The highest BCUT2D eigenvalue weighted by Gasteiger charge is 2.03. The zero-order chi connectivity index (χ0) is 22.3. The monoisotopic (exact) mass is 396 g/mol. The van der Waals surface area contributed by atoms with E-state index in [-0.39, 0.29) is 0 Å². The van der Waals surface area contributed by atoms with Gasteiger partial charge in [-0.2, -0.15) is 0 Å². The molecule has 1 aliphatic heterocycles. The van der Waals surface area contributed by atoms with E-state index in [1.165, 1.54) is 42.6 Å². The van der Waals surface area contributed by atoms with E-state index in [0.717, 1.165) is 19.5 Å². The maximum absolute atomic E-state index is 4.00. The Morgan fingerprint density at radius 1 is 0.759 bits per heavy atom. The summed E-state index contributed by atoms with van der Waals surface area (Å²) in [6.45, 7) is 14.7. The summed E-state index contributed by atoms with van der Waals surface area (Å²) in [6, 6.07) is 19.3. The van der Waals surface area contributed by atoms with Gasteiger partial charge in [0, 0.05) is 13.1 Å². The second-order valence-electron chi connectivity index (χ2n) is 6.27. The third-order valence-corrected chi connectivity index (χ3v) is 4.23. The number of hydrogen-bond acceptors (Lipinski definition) is 2. The Bertz CT molecular complexity index is 584. The predicted molar refractivity (Wildman–Crippen MR) is 132 cm³/mol. The first kappa shape index (κ1) is 29.1. The van der Waals surface area contributed by atoms with Crippen molar-refractivity contribution in [2.75, 3.05) is 20.1 Å². The van der Waals surface area contributed by atoms with Gasteiger partial charge in [0.1, 0.15) is 0 Å². The fourth-order valence-electron chi connectivity index (χ4n) is 2.78. The van der Waals surface area contributed by atoms with Gasteiger partial charge in [-0.25, -0.2) is 0 Å². The number of hydrogen-bond donors (Lipinski definition) is 1. The summed E-state index contributed by atoms with van der Waals surface area (Å²) in [5.74, 6) is 0. The van der Waals surface area contributed by atoms with Gasteiger partial charge in [-0.1, -0.05) is 89.2 Å². The van der Waals surface area contributed by atoms with Crippen LogP contribution in [0.5, 0.6) is 0 Å². The molecule has 0 saturated carbocycles. The molecular weight excluding hydrogens is 352 g/mol. The normalized spacial score (nSPS) is 11.9. The van der Waals surface area contributed by atoms with Crippen molar-refractivity contribution in [1.29, 1.82) is 0 Å². The van der Waals surface area contributed by atoms with Crippen LogP contribution >= 0.6 is 0 Å². The minimum Gasteiger partial charge on any atom is -0.309 e. The molecule has 2 heteroatoms. The van der Waals surface area contributed by atoms with Crippen LogP contribution in [-0.2, 0) is 19.5 Å². The summed E-state index contributed by atoms with van der Waals surface area (Å²) in [7, 11) is 2.17. The van der Waals surface area contributed by atoms with Crippen molar-refractivity contribution < 1.29 is 0 Å². The van der Waals surface area contributed by atoms with Crippen LogP contribution in [0.1, 0.15) is 64.2 Å². The fraction of sp³-hybridized carbons (Fsp3) is 0.481. The molecule has 0 aliphatic carbocycles. The van der Waals surface area contributed by atoms with Gasteiger partial charge in [0.25, 0.3) is 0 Å². The molecule has 1 fully saturated rings. The van der Waals surface area contributed by atoms with E-state index >= 15 is 0 Å². The molecule has 0 radical (unpaired) electrons. The average molecular weight is 397 g/mol. The summed E-state index contributed by atoms with van der Waals surface area (Å²) >= 11 is 0. The molecule has 0 unspecified atom stereocenters. The molecule has 2 aromatic rings. The van der Waals surface area contributed by atoms with Crippen LogP contribution in [0.2, 0.25) is 0 Å².